The predicted molar refractivity (Wildman–Crippen MR) is 341 cm³/mol. The highest BCUT2D eigenvalue weighted by molar-refractivity contribution is 5.90. The molecule has 3 heterocycles. The molecule has 0 bridgehead atoms. The number of carboxylic acids is 1. The lowest BCUT2D eigenvalue weighted by Gasteiger charge is -2.42. The number of aliphatic hydroxyl groups is 9. The second-order valence-electron chi connectivity index (χ2n) is 23.3. The third-order valence-electron chi connectivity index (χ3n) is 15.2. The standard InChI is InChI=1S/C61H109N7O33/c1-37(72)64-48-54(81)51(78)42(10-13-69)99-59(48)96-29-26-90-19-16-89-22-25-95-36-47(77)67-40(8-4-6-11-62-45(75)34-93-23-20-87-14-17-91-27-30-97-60-49(65-38(2)73)55(82)52(79)43(32-70)100-60)57(84)68-41(58(85)86)9-5-7-12-63-46(76)35-94-24-21-88-15-18-92-28-31-98-61-50(66-39(3)74)56(83)53(80)44(33-71)101-61/h40-44,48-56,59-61,69-71,78-83H,4-36H2,1-3H3,(H,62,75)(H,63,76)(H,64,72)(H,65,73)(H,66,74)(H,67,77)(H,68,84)(H,85,86)/t40-,41-,42+,43+,44+,48+,49+,50+,51-,52-,53-,54+,55+,56+,59+,60+,61+/m0/s1. The van der Waals surface area contributed by atoms with Crippen molar-refractivity contribution in [3.63, 3.8) is 0 Å². The van der Waals surface area contributed by atoms with Crippen molar-refractivity contribution < 1.29 is 160 Å². The van der Waals surface area contributed by atoms with Crippen LogP contribution >= 0.6 is 0 Å². The van der Waals surface area contributed by atoms with Gasteiger partial charge in [0.2, 0.25) is 41.4 Å². The zero-order valence-electron chi connectivity index (χ0n) is 57.5. The molecule has 40 heteroatoms. The lowest BCUT2D eigenvalue weighted by Crippen LogP contribution is -2.64. The zero-order chi connectivity index (χ0) is 74.3. The van der Waals surface area contributed by atoms with Gasteiger partial charge in [-0.05, 0) is 44.9 Å². The van der Waals surface area contributed by atoms with Crippen LogP contribution in [-0.4, -0.2) is 374 Å². The molecule has 0 aromatic heterocycles. The first-order chi connectivity index (χ1) is 48.5. The van der Waals surface area contributed by atoms with Crippen molar-refractivity contribution in [3.8, 4) is 0 Å². The van der Waals surface area contributed by atoms with Crippen LogP contribution in [0.4, 0.5) is 0 Å². The van der Waals surface area contributed by atoms with Gasteiger partial charge in [-0.3, -0.25) is 33.6 Å². The summed E-state index contributed by atoms with van der Waals surface area (Å²) >= 11 is 0. The molecule has 0 radical (unpaired) electrons. The van der Waals surface area contributed by atoms with Crippen LogP contribution in [0.3, 0.4) is 0 Å². The Morgan fingerprint density at radius 2 is 0.683 bits per heavy atom. The van der Waals surface area contributed by atoms with E-state index in [1.165, 1.54) is 20.8 Å². The van der Waals surface area contributed by atoms with Crippen molar-refractivity contribution in [2.45, 2.75) is 170 Å². The topological polar surface area (TPSA) is 562 Å². The molecule has 0 unspecified atom stereocenters. The maximum absolute atomic E-state index is 13.6. The Hall–Kier alpha value is -5.20. The Balaban J connectivity index is 1.35. The molecule has 7 amide bonds. The van der Waals surface area contributed by atoms with Gasteiger partial charge in [0, 0.05) is 40.5 Å². The van der Waals surface area contributed by atoms with Crippen LogP contribution in [0.5, 0.6) is 0 Å². The fourth-order valence-corrected chi connectivity index (χ4v) is 10.1. The first kappa shape index (κ1) is 90.0. The molecule has 0 aromatic rings. The minimum absolute atomic E-state index is 0.0159. The fraction of sp³-hybridized carbons (Fsp3) is 0.869. The Kier molecular flexibility index (Phi) is 47.7. The number of carbonyl (C=O) groups is 8. The smallest absolute Gasteiger partial charge is 0.326 e. The van der Waals surface area contributed by atoms with Gasteiger partial charge in [0.15, 0.2) is 18.9 Å². The summed E-state index contributed by atoms with van der Waals surface area (Å²) in [6, 6.07) is -5.84. The maximum atomic E-state index is 13.6. The summed E-state index contributed by atoms with van der Waals surface area (Å²) in [6.07, 6.45) is -14.0. The van der Waals surface area contributed by atoms with Crippen molar-refractivity contribution in [2.75, 3.05) is 172 Å². The summed E-state index contributed by atoms with van der Waals surface area (Å²) in [5.74, 6) is -5.16. The number of hydrogen-bond acceptors (Lipinski definition) is 32. The average molecular weight is 1470 g/mol. The molecule has 3 saturated heterocycles. The minimum Gasteiger partial charge on any atom is -0.480 e. The summed E-state index contributed by atoms with van der Waals surface area (Å²) in [6.45, 7) is 2.91. The first-order valence-electron chi connectivity index (χ1n) is 33.6. The van der Waals surface area contributed by atoms with Gasteiger partial charge in [0.1, 0.15) is 98.9 Å². The van der Waals surface area contributed by atoms with Gasteiger partial charge in [0.05, 0.1) is 138 Å². The van der Waals surface area contributed by atoms with Gasteiger partial charge in [-0.2, -0.15) is 0 Å². The Morgan fingerprint density at radius 1 is 0.376 bits per heavy atom. The van der Waals surface area contributed by atoms with E-state index in [9.17, 15) is 89.4 Å². The molecular formula is C61H109N7O33. The number of aliphatic hydroxyl groups excluding tert-OH is 9. The van der Waals surface area contributed by atoms with E-state index in [-0.39, 0.29) is 184 Å². The number of unbranched alkanes of at least 4 members (excludes halogenated alkanes) is 2. The van der Waals surface area contributed by atoms with E-state index in [0.29, 0.717) is 12.8 Å². The second-order valence-corrected chi connectivity index (χ2v) is 23.3. The molecule has 0 aromatic carbocycles. The summed E-state index contributed by atoms with van der Waals surface area (Å²) in [5.41, 5.74) is 0. The lowest BCUT2D eigenvalue weighted by atomic mass is 9.95. The molecule has 586 valence electrons. The molecule has 40 nitrogen and oxygen atoms in total. The number of rotatable bonds is 57. The number of hydrogen-bond donors (Lipinski definition) is 17. The third kappa shape index (κ3) is 37.4. The van der Waals surface area contributed by atoms with E-state index in [2.05, 4.69) is 37.2 Å². The first-order valence-corrected chi connectivity index (χ1v) is 33.6. The normalized spacial score (nSPS) is 25.7. The van der Waals surface area contributed by atoms with Gasteiger partial charge >= 0.3 is 5.97 Å². The minimum atomic E-state index is -1.45. The summed E-state index contributed by atoms with van der Waals surface area (Å²) in [5, 5.41) is 118. The lowest BCUT2D eigenvalue weighted by molar-refractivity contribution is -0.272. The summed E-state index contributed by atoms with van der Waals surface area (Å²) < 4.78 is 82.5. The maximum Gasteiger partial charge on any atom is 0.326 e. The monoisotopic (exact) mass is 1470 g/mol. The SMILES string of the molecule is CC(=O)N[C@H]1[C@H](OCCOCCOCCOCC(=O)NCCCC[C@H](NC(=O)[C@H](CCCCNC(=O)COCCOCCOCCO[C@@H]2O[C@H](CO)[C@H](O)[C@H](O)[C@H]2NC(C)=O)NC(=O)COCCOCCOCCO[C@@H]2O[C@H](CCO)[C@H](O)[C@H](O)[C@H]2NC(C)=O)C(=O)O)O[C@H](CO)[C@H](O)[C@@H]1O. The summed E-state index contributed by atoms with van der Waals surface area (Å²) in [7, 11) is 0. The van der Waals surface area contributed by atoms with Crippen molar-refractivity contribution >= 4 is 47.3 Å². The third-order valence-corrected chi connectivity index (χ3v) is 15.2. The molecule has 3 fully saturated rings. The molecule has 17 atom stereocenters. The molecule has 101 heavy (non-hydrogen) atoms. The van der Waals surface area contributed by atoms with Crippen LogP contribution in [0.25, 0.3) is 0 Å². The van der Waals surface area contributed by atoms with Crippen LogP contribution in [0.2, 0.25) is 0 Å². The highest BCUT2D eigenvalue weighted by Crippen LogP contribution is 2.26. The molecule has 3 aliphatic heterocycles. The number of amides is 7. The van der Waals surface area contributed by atoms with Crippen LogP contribution in [-0.2, 0) is 109 Å². The molecule has 0 aliphatic carbocycles. The Morgan fingerprint density at radius 3 is 1.01 bits per heavy atom. The van der Waals surface area contributed by atoms with Crippen molar-refractivity contribution in [1.29, 1.82) is 0 Å². The molecular weight excluding hydrogens is 1360 g/mol. The van der Waals surface area contributed by atoms with E-state index in [4.69, 9.17) is 71.1 Å². The van der Waals surface area contributed by atoms with Crippen LogP contribution in [0.15, 0.2) is 0 Å². The van der Waals surface area contributed by atoms with E-state index in [1.54, 1.807) is 0 Å². The van der Waals surface area contributed by atoms with E-state index < -0.39 is 171 Å². The van der Waals surface area contributed by atoms with Crippen LogP contribution in [0, 0.1) is 0 Å². The van der Waals surface area contributed by atoms with E-state index >= 15 is 0 Å². The summed E-state index contributed by atoms with van der Waals surface area (Å²) in [4.78, 5) is 98.9. The number of carbonyl (C=O) groups excluding carboxylic acids is 7. The van der Waals surface area contributed by atoms with Gasteiger partial charge in [-0.1, -0.05) is 0 Å². The molecule has 17 N–H and O–H groups in total. The van der Waals surface area contributed by atoms with Crippen molar-refractivity contribution in [1.82, 2.24) is 37.2 Å². The number of carboxylic acid groups (broad SMARTS) is 1. The van der Waals surface area contributed by atoms with Gasteiger partial charge in [-0.15, -0.1) is 0 Å². The highest BCUT2D eigenvalue weighted by atomic mass is 16.7. The fourth-order valence-electron chi connectivity index (χ4n) is 10.1. The number of aliphatic carboxylic acids is 1. The van der Waals surface area contributed by atoms with Crippen LogP contribution < -0.4 is 37.2 Å². The van der Waals surface area contributed by atoms with Crippen molar-refractivity contribution in [3.05, 3.63) is 0 Å². The quantitative estimate of drug-likeness (QED) is 0.0252. The van der Waals surface area contributed by atoms with Crippen molar-refractivity contribution in [2.24, 2.45) is 0 Å². The van der Waals surface area contributed by atoms with Gasteiger partial charge in [0.25, 0.3) is 0 Å². The molecule has 0 spiro atoms. The highest BCUT2D eigenvalue weighted by Gasteiger charge is 2.48. The predicted octanol–water partition coefficient (Wildman–Crippen LogP) is -8.97. The number of nitrogens with one attached hydrogen (secondary N) is 7. The molecule has 3 aliphatic rings. The average Bonchev–Trinajstić information content (AvgIpc) is 0.824. The molecule has 0 saturated carbocycles. The second kappa shape index (κ2) is 53.6. The largest absolute Gasteiger partial charge is 0.480 e. The van der Waals surface area contributed by atoms with Crippen LogP contribution in [0.1, 0.15) is 65.7 Å². The number of ether oxygens (including phenoxy) is 15. The zero-order valence-corrected chi connectivity index (χ0v) is 57.5. The van der Waals surface area contributed by atoms with E-state index in [0.717, 1.165) is 0 Å². The van der Waals surface area contributed by atoms with E-state index in [1.807, 2.05) is 0 Å². The Labute approximate surface area is 584 Å². The van der Waals surface area contributed by atoms with Gasteiger partial charge < -0.3 is 159 Å². The molecule has 3 rings (SSSR count). The van der Waals surface area contributed by atoms with Gasteiger partial charge in [-0.25, -0.2) is 4.79 Å². The Bertz CT molecular complexity index is 2330.